The Morgan fingerprint density at radius 2 is 2.05 bits per heavy atom. The minimum atomic E-state index is -0.732. The second kappa shape index (κ2) is 8.15. The summed E-state index contributed by atoms with van der Waals surface area (Å²) < 4.78 is 0. The predicted molar refractivity (Wildman–Crippen MR) is 82.9 cm³/mol. The number of rotatable bonds is 9. The van der Waals surface area contributed by atoms with E-state index in [2.05, 4.69) is 5.32 Å². The van der Waals surface area contributed by atoms with Gasteiger partial charge in [0.1, 0.15) is 5.54 Å². The van der Waals surface area contributed by atoms with Crippen molar-refractivity contribution in [2.45, 2.75) is 82.5 Å². The summed E-state index contributed by atoms with van der Waals surface area (Å²) in [6, 6.07) is 0.207. The van der Waals surface area contributed by atoms with Crippen LogP contribution in [0.15, 0.2) is 0 Å². The first-order valence-corrected chi connectivity index (χ1v) is 8.67. The second-order valence-electron chi connectivity index (χ2n) is 5.92. The molecule has 1 saturated carbocycles. The molecule has 112 valence electrons. The Hall–Kier alpha value is -0.220. The molecule has 0 radical (unpaired) electrons. The number of nitrogens with one attached hydrogen (secondary N) is 1. The molecule has 0 aromatic carbocycles. The van der Waals surface area contributed by atoms with Crippen molar-refractivity contribution < 1.29 is 9.90 Å². The third-order valence-electron chi connectivity index (χ3n) is 3.98. The Kier molecular flexibility index (Phi) is 7.22. The fourth-order valence-corrected chi connectivity index (χ4v) is 4.21. The minimum absolute atomic E-state index is 0.207. The summed E-state index contributed by atoms with van der Waals surface area (Å²) in [7, 11) is 0. The van der Waals surface area contributed by atoms with Gasteiger partial charge in [-0.3, -0.25) is 10.1 Å². The molecule has 0 aromatic heterocycles. The zero-order chi connectivity index (χ0) is 14.3. The average Bonchev–Trinajstić information content (AvgIpc) is 2.85. The van der Waals surface area contributed by atoms with Crippen LogP contribution in [0.3, 0.4) is 0 Å². The summed E-state index contributed by atoms with van der Waals surface area (Å²) in [5, 5.41) is 13.6. The topological polar surface area (TPSA) is 49.3 Å². The van der Waals surface area contributed by atoms with Gasteiger partial charge in [-0.25, -0.2) is 0 Å². The van der Waals surface area contributed by atoms with Crippen LogP contribution in [0, 0.1) is 0 Å². The maximum atomic E-state index is 11.6. The van der Waals surface area contributed by atoms with Crippen LogP contribution >= 0.6 is 11.8 Å². The second-order valence-corrected chi connectivity index (χ2v) is 7.33. The third kappa shape index (κ3) is 5.35. The quantitative estimate of drug-likeness (QED) is 0.635. The zero-order valence-electron chi connectivity index (χ0n) is 12.6. The van der Waals surface area contributed by atoms with E-state index < -0.39 is 11.5 Å². The molecule has 0 spiro atoms. The Balaban J connectivity index is 2.36. The van der Waals surface area contributed by atoms with Gasteiger partial charge >= 0.3 is 5.97 Å². The third-order valence-corrected chi connectivity index (χ3v) is 5.45. The van der Waals surface area contributed by atoms with Crippen LogP contribution in [0.25, 0.3) is 0 Å². The van der Waals surface area contributed by atoms with Gasteiger partial charge in [0.15, 0.2) is 0 Å². The summed E-state index contributed by atoms with van der Waals surface area (Å²) in [6.07, 6.45) is 7.83. The highest BCUT2D eigenvalue weighted by molar-refractivity contribution is 7.99. The standard InChI is InChI=1S/C15H29NO2S/c1-4-15(14(17)18,16-12(2)3)10-7-11-19-13-8-5-6-9-13/h12-13,16H,4-11H2,1-3H3,(H,17,18). The van der Waals surface area contributed by atoms with Crippen molar-refractivity contribution in [3.05, 3.63) is 0 Å². The van der Waals surface area contributed by atoms with Gasteiger partial charge in [-0.1, -0.05) is 19.8 Å². The molecule has 4 heteroatoms. The van der Waals surface area contributed by atoms with Crippen molar-refractivity contribution in [1.82, 2.24) is 5.32 Å². The van der Waals surface area contributed by atoms with E-state index in [-0.39, 0.29) is 6.04 Å². The molecule has 1 aliphatic carbocycles. The van der Waals surface area contributed by atoms with Gasteiger partial charge in [0.05, 0.1) is 0 Å². The number of carbonyl (C=O) groups is 1. The van der Waals surface area contributed by atoms with Crippen LogP contribution in [0.4, 0.5) is 0 Å². The summed E-state index contributed by atoms with van der Waals surface area (Å²) in [5.41, 5.74) is -0.732. The predicted octanol–water partition coefficient (Wildman–Crippen LogP) is 3.67. The van der Waals surface area contributed by atoms with E-state index in [1.807, 2.05) is 32.5 Å². The van der Waals surface area contributed by atoms with Crippen LogP contribution in [-0.2, 0) is 4.79 Å². The van der Waals surface area contributed by atoms with Gasteiger partial charge in [0.25, 0.3) is 0 Å². The van der Waals surface area contributed by atoms with Crippen molar-refractivity contribution in [1.29, 1.82) is 0 Å². The molecule has 1 fully saturated rings. The van der Waals surface area contributed by atoms with Gasteiger partial charge in [-0.05, 0) is 51.7 Å². The highest BCUT2D eigenvalue weighted by Crippen LogP contribution is 2.30. The average molecular weight is 287 g/mol. The van der Waals surface area contributed by atoms with E-state index in [1.54, 1.807) is 0 Å². The van der Waals surface area contributed by atoms with Crippen LogP contribution in [0.1, 0.15) is 65.7 Å². The summed E-state index contributed by atoms with van der Waals surface area (Å²) in [5.74, 6) is 0.397. The van der Waals surface area contributed by atoms with Crippen molar-refractivity contribution in [3.8, 4) is 0 Å². The van der Waals surface area contributed by atoms with Crippen LogP contribution < -0.4 is 5.32 Å². The minimum Gasteiger partial charge on any atom is -0.480 e. The van der Waals surface area contributed by atoms with Crippen LogP contribution in [-0.4, -0.2) is 33.7 Å². The van der Waals surface area contributed by atoms with Gasteiger partial charge in [-0.2, -0.15) is 11.8 Å². The molecular weight excluding hydrogens is 258 g/mol. The molecule has 0 saturated heterocycles. The number of carboxylic acids is 1. The van der Waals surface area contributed by atoms with Crippen LogP contribution in [0.2, 0.25) is 0 Å². The lowest BCUT2D eigenvalue weighted by atomic mass is 9.90. The van der Waals surface area contributed by atoms with Gasteiger partial charge in [0.2, 0.25) is 0 Å². The maximum Gasteiger partial charge on any atom is 0.323 e. The lowest BCUT2D eigenvalue weighted by Gasteiger charge is -2.31. The highest BCUT2D eigenvalue weighted by Gasteiger charge is 2.36. The maximum absolute atomic E-state index is 11.6. The smallest absolute Gasteiger partial charge is 0.323 e. The van der Waals surface area contributed by atoms with Crippen LogP contribution in [0.5, 0.6) is 0 Å². The van der Waals surface area contributed by atoms with Gasteiger partial charge < -0.3 is 5.11 Å². The lowest BCUT2D eigenvalue weighted by Crippen LogP contribution is -2.54. The molecule has 1 unspecified atom stereocenters. The van der Waals surface area contributed by atoms with Crippen molar-refractivity contribution in [2.24, 2.45) is 0 Å². The molecule has 1 aliphatic rings. The fraction of sp³-hybridized carbons (Fsp3) is 0.933. The summed E-state index contributed by atoms with van der Waals surface area (Å²) >= 11 is 2.05. The molecule has 1 rings (SSSR count). The number of hydrogen-bond donors (Lipinski definition) is 2. The Bertz CT molecular complexity index is 277. The van der Waals surface area contributed by atoms with Gasteiger partial charge in [0, 0.05) is 11.3 Å². The summed E-state index contributed by atoms with van der Waals surface area (Å²) in [4.78, 5) is 11.6. The number of aliphatic carboxylic acids is 1. The van der Waals surface area contributed by atoms with E-state index in [0.29, 0.717) is 6.42 Å². The lowest BCUT2D eigenvalue weighted by molar-refractivity contribution is -0.145. The molecule has 19 heavy (non-hydrogen) atoms. The Labute approximate surface area is 121 Å². The molecule has 1 atom stereocenters. The highest BCUT2D eigenvalue weighted by atomic mass is 32.2. The first kappa shape index (κ1) is 16.8. The molecule has 0 aliphatic heterocycles. The largest absolute Gasteiger partial charge is 0.480 e. The molecule has 0 heterocycles. The first-order chi connectivity index (χ1) is 9.00. The van der Waals surface area contributed by atoms with Crippen molar-refractivity contribution in [2.75, 3.05) is 5.75 Å². The van der Waals surface area contributed by atoms with Crippen molar-refractivity contribution in [3.63, 3.8) is 0 Å². The molecule has 3 nitrogen and oxygen atoms in total. The number of thioether (sulfide) groups is 1. The van der Waals surface area contributed by atoms with Gasteiger partial charge in [-0.15, -0.1) is 0 Å². The molecule has 0 aromatic rings. The summed E-state index contributed by atoms with van der Waals surface area (Å²) in [6.45, 7) is 5.99. The normalized spacial score (nSPS) is 19.8. The number of hydrogen-bond acceptors (Lipinski definition) is 3. The van der Waals surface area contributed by atoms with E-state index in [1.165, 1.54) is 25.7 Å². The first-order valence-electron chi connectivity index (χ1n) is 7.63. The molecule has 0 bridgehead atoms. The van der Waals surface area contributed by atoms with E-state index in [4.69, 9.17) is 0 Å². The zero-order valence-corrected chi connectivity index (χ0v) is 13.4. The monoisotopic (exact) mass is 287 g/mol. The molecule has 2 N–H and O–H groups in total. The fourth-order valence-electron chi connectivity index (χ4n) is 2.90. The van der Waals surface area contributed by atoms with Crippen molar-refractivity contribution >= 4 is 17.7 Å². The Morgan fingerprint density at radius 3 is 2.53 bits per heavy atom. The van der Waals surface area contributed by atoms with E-state index >= 15 is 0 Å². The molecular formula is C15H29NO2S. The van der Waals surface area contributed by atoms with E-state index in [0.717, 1.165) is 23.8 Å². The number of carboxylic acid groups (broad SMARTS) is 1. The SMILES string of the molecule is CCC(CCCSC1CCCC1)(NC(C)C)C(=O)O. The van der Waals surface area contributed by atoms with E-state index in [9.17, 15) is 9.90 Å². The molecule has 0 amide bonds. The Morgan fingerprint density at radius 1 is 1.42 bits per heavy atom.